The summed E-state index contributed by atoms with van der Waals surface area (Å²) < 4.78 is 2.08. The van der Waals surface area contributed by atoms with Crippen LogP contribution in [0.5, 0.6) is 0 Å². The molecule has 1 fully saturated rings. The Kier molecular flexibility index (Phi) is 3.57. The first-order valence-electron chi connectivity index (χ1n) is 8.37. The predicted octanol–water partition coefficient (Wildman–Crippen LogP) is 3.95. The largest absolute Gasteiger partial charge is 0.346 e. The number of pyridine rings is 1. The van der Waals surface area contributed by atoms with E-state index in [1.165, 1.54) is 12.8 Å². The molecule has 120 valence electrons. The molecule has 3 aromatic rings. The second kappa shape index (κ2) is 5.75. The van der Waals surface area contributed by atoms with E-state index < -0.39 is 0 Å². The van der Waals surface area contributed by atoms with Crippen molar-refractivity contribution in [3.05, 3.63) is 81.6 Å². The van der Waals surface area contributed by atoms with Crippen LogP contribution in [0.3, 0.4) is 0 Å². The second-order valence-corrected chi connectivity index (χ2v) is 6.68. The van der Waals surface area contributed by atoms with Gasteiger partial charge in [0.2, 0.25) is 5.43 Å². The number of aryl methyl sites for hydroxylation is 1. The fraction of sp³-hybridized carbons (Fsp3) is 0.238. The molecule has 0 saturated heterocycles. The summed E-state index contributed by atoms with van der Waals surface area (Å²) in [5.41, 5.74) is 2.65. The summed E-state index contributed by atoms with van der Waals surface area (Å²) >= 11 is 0. The lowest BCUT2D eigenvalue weighted by Crippen LogP contribution is -2.20. The zero-order valence-electron chi connectivity index (χ0n) is 13.7. The van der Waals surface area contributed by atoms with Gasteiger partial charge in [-0.1, -0.05) is 42.0 Å². The molecule has 1 saturated carbocycles. The first kappa shape index (κ1) is 14.9. The van der Waals surface area contributed by atoms with Gasteiger partial charge in [-0.2, -0.15) is 0 Å². The lowest BCUT2D eigenvalue weighted by molar-refractivity contribution is 0.103. The third-order valence-electron chi connectivity index (χ3n) is 4.70. The number of benzene rings is 2. The van der Waals surface area contributed by atoms with E-state index in [1.807, 2.05) is 43.3 Å². The van der Waals surface area contributed by atoms with E-state index in [9.17, 15) is 9.59 Å². The zero-order valence-corrected chi connectivity index (χ0v) is 13.7. The summed E-state index contributed by atoms with van der Waals surface area (Å²) in [7, 11) is 0. The fourth-order valence-corrected chi connectivity index (χ4v) is 3.10. The van der Waals surface area contributed by atoms with E-state index in [1.54, 1.807) is 18.3 Å². The van der Waals surface area contributed by atoms with Crippen molar-refractivity contribution in [3.8, 4) is 0 Å². The number of para-hydroxylation sites is 1. The van der Waals surface area contributed by atoms with Crippen molar-refractivity contribution in [2.45, 2.75) is 26.3 Å². The highest BCUT2D eigenvalue weighted by Gasteiger charge is 2.24. The number of ketones is 1. The minimum absolute atomic E-state index is 0.178. The van der Waals surface area contributed by atoms with Gasteiger partial charge in [-0.3, -0.25) is 9.59 Å². The van der Waals surface area contributed by atoms with Gasteiger partial charge in [-0.15, -0.1) is 0 Å². The van der Waals surface area contributed by atoms with Crippen LogP contribution in [0.25, 0.3) is 10.9 Å². The topological polar surface area (TPSA) is 39.1 Å². The molecule has 2 aromatic carbocycles. The van der Waals surface area contributed by atoms with Gasteiger partial charge in [0.1, 0.15) is 0 Å². The molecule has 0 aliphatic heterocycles. The van der Waals surface area contributed by atoms with Crippen LogP contribution in [0.4, 0.5) is 0 Å². The van der Waals surface area contributed by atoms with Crippen molar-refractivity contribution in [2.75, 3.05) is 0 Å². The number of rotatable bonds is 4. The second-order valence-electron chi connectivity index (χ2n) is 6.68. The number of hydrogen-bond acceptors (Lipinski definition) is 2. The monoisotopic (exact) mass is 317 g/mol. The maximum Gasteiger partial charge on any atom is 0.200 e. The molecule has 1 heterocycles. The molecule has 1 aliphatic rings. The highest BCUT2D eigenvalue weighted by atomic mass is 16.1. The molecule has 0 amide bonds. The van der Waals surface area contributed by atoms with Gasteiger partial charge in [-0.25, -0.2) is 0 Å². The van der Waals surface area contributed by atoms with Crippen LogP contribution in [0.2, 0.25) is 0 Å². The van der Waals surface area contributed by atoms with Gasteiger partial charge in [-0.05, 0) is 37.8 Å². The van der Waals surface area contributed by atoms with E-state index in [0.29, 0.717) is 16.9 Å². The molecule has 1 aromatic heterocycles. The van der Waals surface area contributed by atoms with Crippen LogP contribution in [-0.2, 0) is 6.54 Å². The molecule has 0 radical (unpaired) electrons. The van der Waals surface area contributed by atoms with Crippen LogP contribution in [0, 0.1) is 12.8 Å². The smallest absolute Gasteiger partial charge is 0.200 e. The molecule has 24 heavy (non-hydrogen) atoms. The molecule has 3 nitrogen and oxygen atoms in total. The minimum atomic E-state index is -0.199. The van der Waals surface area contributed by atoms with E-state index >= 15 is 0 Å². The molecule has 4 rings (SSSR count). The molecular formula is C21H19NO2. The summed E-state index contributed by atoms with van der Waals surface area (Å²) in [4.78, 5) is 25.7. The van der Waals surface area contributed by atoms with Crippen molar-refractivity contribution in [3.63, 3.8) is 0 Å². The fourth-order valence-electron chi connectivity index (χ4n) is 3.10. The van der Waals surface area contributed by atoms with Crippen LogP contribution in [-0.4, -0.2) is 10.4 Å². The highest BCUT2D eigenvalue weighted by Crippen LogP contribution is 2.31. The summed E-state index contributed by atoms with van der Waals surface area (Å²) in [5, 5.41) is 0.621. The van der Waals surface area contributed by atoms with Crippen molar-refractivity contribution < 1.29 is 4.79 Å². The lowest BCUT2D eigenvalue weighted by Gasteiger charge is -2.13. The van der Waals surface area contributed by atoms with Gasteiger partial charge in [0, 0.05) is 23.7 Å². The molecule has 0 spiro atoms. The molecule has 1 aliphatic carbocycles. The predicted molar refractivity (Wildman–Crippen MR) is 95.5 cm³/mol. The Morgan fingerprint density at radius 2 is 1.79 bits per heavy atom. The Morgan fingerprint density at radius 3 is 2.50 bits per heavy atom. The summed E-state index contributed by atoms with van der Waals surface area (Å²) in [6.45, 7) is 2.85. The first-order valence-corrected chi connectivity index (χ1v) is 8.37. The Labute approximate surface area is 140 Å². The van der Waals surface area contributed by atoms with Gasteiger partial charge in [0.05, 0.1) is 11.1 Å². The average molecular weight is 317 g/mol. The van der Waals surface area contributed by atoms with Crippen LogP contribution in [0.1, 0.15) is 34.3 Å². The van der Waals surface area contributed by atoms with Crippen LogP contribution in [0.15, 0.2) is 59.5 Å². The van der Waals surface area contributed by atoms with Crippen molar-refractivity contribution in [1.82, 2.24) is 4.57 Å². The lowest BCUT2D eigenvalue weighted by atomic mass is 10.0. The Hall–Kier alpha value is -2.68. The van der Waals surface area contributed by atoms with Gasteiger partial charge < -0.3 is 4.57 Å². The normalized spacial score (nSPS) is 14.0. The van der Waals surface area contributed by atoms with Gasteiger partial charge >= 0.3 is 0 Å². The molecule has 3 heteroatoms. The number of hydrogen-bond donors (Lipinski definition) is 0. The molecular weight excluding hydrogens is 298 g/mol. The minimum Gasteiger partial charge on any atom is -0.346 e. The SMILES string of the molecule is Cc1ccc(C(=O)c2cn(CC3CC3)c3ccccc3c2=O)cc1. The Balaban J connectivity index is 1.88. The summed E-state index contributed by atoms with van der Waals surface area (Å²) in [6, 6.07) is 14.9. The average Bonchev–Trinajstić information content (AvgIpc) is 3.42. The van der Waals surface area contributed by atoms with E-state index in [-0.39, 0.29) is 16.8 Å². The van der Waals surface area contributed by atoms with Crippen LogP contribution >= 0.6 is 0 Å². The standard InChI is InChI=1S/C21H19NO2/c1-14-6-10-16(11-7-14)20(23)18-13-22(12-15-8-9-15)19-5-3-2-4-17(19)21(18)24/h2-7,10-11,13,15H,8-9,12H2,1H3. The van der Waals surface area contributed by atoms with E-state index in [4.69, 9.17) is 0 Å². The summed E-state index contributed by atoms with van der Waals surface area (Å²) in [6.07, 6.45) is 4.20. The van der Waals surface area contributed by atoms with Crippen molar-refractivity contribution >= 4 is 16.7 Å². The maximum atomic E-state index is 12.9. The third-order valence-corrected chi connectivity index (χ3v) is 4.70. The van der Waals surface area contributed by atoms with Gasteiger partial charge in [0.15, 0.2) is 5.78 Å². The molecule has 0 atom stereocenters. The molecule has 0 bridgehead atoms. The van der Waals surface area contributed by atoms with E-state index in [0.717, 1.165) is 17.6 Å². The quantitative estimate of drug-likeness (QED) is 0.683. The summed E-state index contributed by atoms with van der Waals surface area (Å²) in [5.74, 6) is 0.466. The number of nitrogens with zero attached hydrogens (tertiary/aromatic N) is 1. The third kappa shape index (κ3) is 2.67. The van der Waals surface area contributed by atoms with E-state index in [2.05, 4.69) is 4.57 Å². The number of carbonyl (C=O) groups excluding carboxylic acids is 1. The molecule has 0 unspecified atom stereocenters. The molecule has 0 N–H and O–H groups in total. The highest BCUT2D eigenvalue weighted by molar-refractivity contribution is 6.10. The maximum absolute atomic E-state index is 12.9. The number of fused-ring (bicyclic) bond motifs is 1. The first-order chi connectivity index (χ1) is 11.6. The van der Waals surface area contributed by atoms with Crippen molar-refractivity contribution in [1.29, 1.82) is 0 Å². The zero-order chi connectivity index (χ0) is 16.7. The van der Waals surface area contributed by atoms with Crippen molar-refractivity contribution in [2.24, 2.45) is 5.92 Å². The Bertz CT molecular complexity index is 979. The number of carbonyl (C=O) groups is 1. The Morgan fingerprint density at radius 1 is 1.08 bits per heavy atom. The van der Waals surface area contributed by atoms with Gasteiger partial charge in [0.25, 0.3) is 0 Å². The van der Waals surface area contributed by atoms with Crippen LogP contribution < -0.4 is 5.43 Å². The number of aromatic nitrogens is 1.